The first-order chi connectivity index (χ1) is 17.3. The zero-order valence-electron chi connectivity index (χ0n) is 18.7. The van der Waals surface area contributed by atoms with Gasteiger partial charge in [-0.2, -0.15) is 9.78 Å². The predicted molar refractivity (Wildman–Crippen MR) is 141 cm³/mol. The normalized spacial score (nSPS) is 12.4. The number of hydrogen-bond donors (Lipinski definition) is 1. The SMILES string of the molecule is C[C@@H](Oc1c(Cl)cc(C=Nn2c(-c3cc4ccccc4o3)nc3ccccc3c2=O)cc1Br)C(=O)O. The molecule has 0 bridgehead atoms. The van der Waals surface area contributed by atoms with Crippen LogP contribution in [-0.2, 0) is 4.79 Å². The zero-order valence-corrected chi connectivity index (χ0v) is 21.0. The largest absolute Gasteiger partial charge is 0.479 e. The van der Waals surface area contributed by atoms with Crippen LogP contribution in [0, 0.1) is 0 Å². The van der Waals surface area contributed by atoms with Gasteiger partial charge < -0.3 is 14.3 Å². The molecule has 8 nitrogen and oxygen atoms in total. The molecule has 0 radical (unpaired) electrons. The summed E-state index contributed by atoms with van der Waals surface area (Å²) in [6, 6.07) is 19.5. The monoisotopic (exact) mass is 565 g/mol. The Labute approximate surface area is 217 Å². The summed E-state index contributed by atoms with van der Waals surface area (Å²) in [6.07, 6.45) is 0.359. The molecule has 1 atom stereocenters. The first-order valence-corrected chi connectivity index (χ1v) is 11.9. The summed E-state index contributed by atoms with van der Waals surface area (Å²) in [5.74, 6) is -0.297. The summed E-state index contributed by atoms with van der Waals surface area (Å²) in [6.45, 7) is 1.40. The van der Waals surface area contributed by atoms with Crippen molar-refractivity contribution in [3.05, 3.63) is 92.1 Å². The Morgan fingerprint density at radius 3 is 2.69 bits per heavy atom. The summed E-state index contributed by atoms with van der Waals surface area (Å²) >= 11 is 9.70. The second kappa shape index (κ2) is 9.60. The number of benzene rings is 3. The summed E-state index contributed by atoms with van der Waals surface area (Å²) in [4.78, 5) is 29.2. The maximum atomic E-state index is 13.4. The van der Waals surface area contributed by atoms with Crippen LogP contribution in [0.25, 0.3) is 33.5 Å². The van der Waals surface area contributed by atoms with Crippen molar-refractivity contribution in [3.8, 4) is 17.3 Å². The molecule has 10 heteroatoms. The van der Waals surface area contributed by atoms with Crippen molar-refractivity contribution in [2.45, 2.75) is 13.0 Å². The zero-order chi connectivity index (χ0) is 25.4. The highest BCUT2D eigenvalue weighted by Gasteiger charge is 2.18. The van der Waals surface area contributed by atoms with Gasteiger partial charge in [0.2, 0.25) is 5.82 Å². The fourth-order valence-electron chi connectivity index (χ4n) is 3.60. The highest BCUT2D eigenvalue weighted by molar-refractivity contribution is 9.10. The number of hydrogen-bond acceptors (Lipinski definition) is 6. The van der Waals surface area contributed by atoms with Crippen LogP contribution in [-0.4, -0.2) is 33.1 Å². The van der Waals surface area contributed by atoms with Gasteiger partial charge in [-0.1, -0.05) is 41.9 Å². The van der Waals surface area contributed by atoms with Crippen LogP contribution in [0.1, 0.15) is 12.5 Å². The minimum Gasteiger partial charge on any atom is -0.479 e. The van der Waals surface area contributed by atoms with Crippen LogP contribution in [0.2, 0.25) is 5.02 Å². The molecule has 3 aromatic carbocycles. The first-order valence-electron chi connectivity index (χ1n) is 10.8. The van der Waals surface area contributed by atoms with Crippen molar-refractivity contribution in [1.82, 2.24) is 9.66 Å². The van der Waals surface area contributed by atoms with Crippen molar-refractivity contribution in [3.63, 3.8) is 0 Å². The fourth-order valence-corrected chi connectivity index (χ4v) is 4.56. The van der Waals surface area contributed by atoms with Crippen LogP contribution >= 0.6 is 27.5 Å². The van der Waals surface area contributed by atoms with Gasteiger partial charge in [-0.05, 0) is 64.8 Å². The van der Waals surface area contributed by atoms with Crippen LogP contribution < -0.4 is 10.3 Å². The van der Waals surface area contributed by atoms with Crippen molar-refractivity contribution in [2.24, 2.45) is 5.10 Å². The molecule has 2 heterocycles. The Morgan fingerprint density at radius 1 is 1.19 bits per heavy atom. The number of carboxylic acid groups (broad SMARTS) is 1. The van der Waals surface area contributed by atoms with Crippen LogP contribution in [0.3, 0.4) is 0 Å². The minimum absolute atomic E-state index is 0.181. The Balaban J connectivity index is 1.61. The molecule has 36 heavy (non-hydrogen) atoms. The maximum absolute atomic E-state index is 13.4. The molecular formula is C26H17BrClN3O5. The molecule has 0 saturated carbocycles. The van der Waals surface area contributed by atoms with Crippen LogP contribution in [0.15, 0.2) is 85.5 Å². The topological polar surface area (TPSA) is 107 Å². The molecule has 0 aliphatic rings. The van der Waals surface area contributed by atoms with E-state index in [1.54, 1.807) is 42.5 Å². The number of para-hydroxylation sites is 2. The number of carboxylic acids is 1. The Hall–Kier alpha value is -3.95. The van der Waals surface area contributed by atoms with Crippen molar-refractivity contribution >= 4 is 61.6 Å². The lowest BCUT2D eigenvalue weighted by Gasteiger charge is -2.14. The summed E-state index contributed by atoms with van der Waals surface area (Å²) in [5.41, 5.74) is 1.35. The molecule has 5 rings (SSSR count). The molecule has 2 aromatic heterocycles. The van der Waals surface area contributed by atoms with Gasteiger partial charge in [-0.3, -0.25) is 4.79 Å². The highest BCUT2D eigenvalue weighted by Crippen LogP contribution is 2.35. The first kappa shape index (κ1) is 23.8. The maximum Gasteiger partial charge on any atom is 0.344 e. The van der Waals surface area contributed by atoms with E-state index in [0.29, 0.717) is 32.3 Å². The molecule has 180 valence electrons. The molecule has 0 fully saturated rings. The number of ether oxygens (including phenoxy) is 1. The Kier molecular flexibility index (Phi) is 6.34. The van der Waals surface area contributed by atoms with Crippen LogP contribution in [0.5, 0.6) is 5.75 Å². The Morgan fingerprint density at radius 2 is 1.94 bits per heavy atom. The number of aliphatic carboxylic acids is 1. The van der Waals surface area contributed by atoms with E-state index in [1.807, 2.05) is 24.3 Å². The Bertz CT molecular complexity index is 1670. The van der Waals surface area contributed by atoms with E-state index < -0.39 is 12.1 Å². The molecule has 0 aliphatic heterocycles. The van der Waals surface area contributed by atoms with Gasteiger partial charge in [0.1, 0.15) is 5.58 Å². The quantitative estimate of drug-likeness (QED) is 0.254. The third-order valence-electron chi connectivity index (χ3n) is 5.38. The fraction of sp³-hybridized carbons (Fsp3) is 0.0769. The average Bonchev–Trinajstić information content (AvgIpc) is 3.29. The molecule has 1 N–H and O–H groups in total. The van der Waals surface area contributed by atoms with E-state index in [2.05, 4.69) is 26.0 Å². The number of nitrogens with zero attached hydrogens (tertiary/aromatic N) is 3. The van der Waals surface area contributed by atoms with Crippen molar-refractivity contribution < 1.29 is 19.1 Å². The third kappa shape index (κ3) is 4.50. The van der Waals surface area contributed by atoms with Crippen molar-refractivity contribution in [2.75, 3.05) is 0 Å². The molecule has 0 amide bonds. The van der Waals surface area contributed by atoms with E-state index in [0.717, 1.165) is 5.39 Å². The summed E-state index contributed by atoms with van der Waals surface area (Å²) in [5, 5.41) is 15.0. The molecular weight excluding hydrogens is 550 g/mol. The van der Waals surface area contributed by atoms with E-state index >= 15 is 0 Å². The molecule has 5 aromatic rings. The lowest BCUT2D eigenvalue weighted by molar-refractivity contribution is -0.144. The predicted octanol–water partition coefficient (Wildman–Crippen LogP) is 5.96. The lowest BCUT2D eigenvalue weighted by atomic mass is 10.2. The number of carbonyl (C=O) groups is 1. The third-order valence-corrected chi connectivity index (χ3v) is 6.25. The van der Waals surface area contributed by atoms with Gasteiger partial charge >= 0.3 is 5.97 Å². The molecule has 0 saturated heterocycles. The van der Waals surface area contributed by atoms with E-state index in [1.165, 1.54) is 17.8 Å². The van der Waals surface area contributed by atoms with Gasteiger partial charge in [0.05, 0.1) is 26.6 Å². The van der Waals surface area contributed by atoms with E-state index in [-0.39, 0.29) is 22.2 Å². The van der Waals surface area contributed by atoms with Gasteiger partial charge in [-0.15, -0.1) is 0 Å². The smallest absolute Gasteiger partial charge is 0.344 e. The number of rotatable bonds is 6. The summed E-state index contributed by atoms with van der Waals surface area (Å²) in [7, 11) is 0. The standard InChI is InChI=1S/C26H17BrClN3O5/c1-14(26(33)34)35-23-18(27)10-15(11-19(23)28)13-29-31-24(22-12-16-6-2-5-9-21(16)36-22)30-20-8-4-3-7-17(20)25(31)32/h2-14H,1H3,(H,33,34)/t14-/m1/s1. The minimum atomic E-state index is -1.12. The number of halogens is 2. The second-order valence-electron chi connectivity index (χ2n) is 7.87. The molecule has 0 spiro atoms. The van der Waals surface area contributed by atoms with Gasteiger partial charge in [0.15, 0.2) is 17.6 Å². The molecule has 0 unspecified atom stereocenters. The second-order valence-corrected chi connectivity index (χ2v) is 9.14. The van der Waals surface area contributed by atoms with Crippen molar-refractivity contribution in [1.29, 1.82) is 0 Å². The van der Waals surface area contributed by atoms with Crippen LogP contribution in [0.4, 0.5) is 0 Å². The van der Waals surface area contributed by atoms with Gasteiger partial charge in [0.25, 0.3) is 5.56 Å². The number of aromatic nitrogens is 2. The average molecular weight is 567 g/mol. The summed E-state index contributed by atoms with van der Waals surface area (Å²) < 4.78 is 13.0. The lowest BCUT2D eigenvalue weighted by Crippen LogP contribution is -2.23. The molecule has 0 aliphatic carbocycles. The van der Waals surface area contributed by atoms with Gasteiger partial charge in [-0.25, -0.2) is 9.78 Å². The van der Waals surface area contributed by atoms with Gasteiger partial charge in [0, 0.05) is 5.39 Å². The number of furan rings is 1. The number of fused-ring (bicyclic) bond motifs is 2. The van der Waals surface area contributed by atoms with E-state index in [9.17, 15) is 9.59 Å². The highest BCUT2D eigenvalue weighted by atomic mass is 79.9. The van der Waals surface area contributed by atoms with E-state index in [4.69, 9.17) is 25.9 Å².